The smallest absolute Gasteiger partial charge is 0.344 e. The first-order valence-electron chi connectivity index (χ1n) is 9.47. The minimum atomic E-state index is -1.17. The number of rotatable bonds is 8. The van der Waals surface area contributed by atoms with E-state index in [1.807, 2.05) is 0 Å². The van der Waals surface area contributed by atoms with Crippen LogP contribution in [-0.4, -0.2) is 52.8 Å². The fraction of sp³-hybridized carbons (Fsp3) is 0.182. The molecule has 1 aliphatic rings. The minimum absolute atomic E-state index is 0.0728. The molecule has 1 fully saturated rings. The first-order valence-corrected chi connectivity index (χ1v) is 10.3. The molecular formula is C22H20N2O7S. The van der Waals surface area contributed by atoms with Gasteiger partial charge < -0.3 is 19.9 Å². The Morgan fingerprint density at radius 2 is 1.88 bits per heavy atom. The number of benzene rings is 2. The van der Waals surface area contributed by atoms with E-state index in [2.05, 4.69) is 5.32 Å². The Balaban J connectivity index is 1.81. The summed E-state index contributed by atoms with van der Waals surface area (Å²) in [5.41, 5.74) is 0.905. The molecular weight excluding hydrogens is 436 g/mol. The van der Waals surface area contributed by atoms with Gasteiger partial charge in [0.05, 0.1) is 12.0 Å². The van der Waals surface area contributed by atoms with Crippen molar-refractivity contribution in [2.45, 2.75) is 13.0 Å². The van der Waals surface area contributed by atoms with Gasteiger partial charge in [0.2, 0.25) is 5.91 Å². The highest BCUT2D eigenvalue weighted by atomic mass is 32.2. The van der Waals surface area contributed by atoms with Crippen LogP contribution < -0.4 is 14.8 Å². The second-order valence-electron chi connectivity index (χ2n) is 6.66. The summed E-state index contributed by atoms with van der Waals surface area (Å²) in [5.74, 6) is -1.93. The van der Waals surface area contributed by atoms with Crippen LogP contribution in [0.1, 0.15) is 12.5 Å². The third-order valence-corrected chi connectivity index (χ3v) is 5.30. The molecule has 1 atom stereocenters. The zero-order chi connectivity index (χ0) is 23.3. The molecule has 32 heavy (non-hydrogen) atoms. The fourth-order valence-electron chi connectivity index (χ4n) is 2.80. The lowest BCUT2D eigenvalue weighted by Crippen LogP contribution is -2.36. The normalized spacial score (nSPS) is 15.6. The quantitative estimate of drug-likeness (QED) is 0.581. The van der Waals surface area contributed by atoms with Crippen molar-refractivity contribution in [3.63, 3.8) is 0 Å². The molecule has 0 radical (unpaired) electrons. The van der Waals surface area contributed by atoms with E-state index in [0.717, 1.165) is 4.90 Å². The van der Waals surface area contributed by atoms with Crippen molar-refractivity contribution >= 4 is 46.5 Å². The van der Waals surface area contributed by atoms with Crippen LogP contribution in [0.4, 0.5) is 10.5 Å². The number of nitrogens with zero attached hydrogens (tertiary/aromatic N) is 1. The van der Waals surface area contributed by atoms with Crippen LogP contribution in [0.5, 0.6) is 11.5 Å². The molecule has 0 spiro atoms. The number of imide groups is 1. The highest BCUT2D eigenvalue weighted by Crippen LogP contribution is 2.37. The molecule has 3 amide bonds. The van der Waals surface area contributed by atoms with E-state index >= 15 is 0 Å². The molecule has 10 heteroatoms. The van der Waals surface area contributed by atoms with Gasteiger partial charge in [-0.05, 0) is 43.0 Å². The summed E-state index contributed by atoms with van der Waals surface area (Å²) in [4.78, 5) is 49.5. The second-order valence-corrected chi connectivity index (χ2v) is 7.65. The molecule has 0 bridgehead atoms. The Morgan fingerprint density at radius 3 is 2.53 bits per heavy atom. The van der Waals surface area contributed by atoms with Crippen molar-refractivity contribution in [2.75, 3.05) is 19.0 Å². The van der Waals surface area contributed by atoms with Crippen LogP contribution in [0.15, 0.2) is 53.4 Å². The molecule has 0 aliphatic carbocycles. The van der Waals surface area contributed by atoms with Gasteiger partial charge in [0, 0.05) is 11.3 Å². The lowest BCUT2D eigenvalue weighted by molar-refractivity contribution is -0.144. The van der Waals surface area contributed by atoms with Gasteiger partial charge in [-0.3, -0.25) is 19.3 Å². The summed E-state index contributed by atoms with van der Waals surface area (Å²) in [6.45, 7) is 0.923. The maximum absolute atomic E-state index is 12.8. The molecule has 3 rings (SSSR count). The van der Waals surface area contributed by atoms with Gasteiger partial charge in [0.15, 0.2) is 17.6 Å². The summed E-state index contributed by atoms with van der Waals surface area (Å²) in [5, 5.41) is 11.2. The molecule has 0 saturated carbocycles. The number of thioether (sulfide) groups is 1. The molecule has 2 aromatic rings. The van der Waals surface area contributed by atoms with Crippen molar-refractivity contribution in [1.29, 1.82) is 0 Å². The van der Waals surface area contributed by atoms with Crippen molar-refractivity contribution < 1.29 is 33.8 Å². The number of nitrogens with one attached hydrogen (secondary N) is 1. The zero-order valence-electron chi connectivity index (χ0n) is 17.2. The largest absolute Gasteiger partial charge is 0.493 e. The average Bonchev–Trinajstić information content (AvgIpc) is 3.02. The van der Waals surface area contributed by atoms with Crippen molar-refractivity contribution in [1.82, 2.24) is 4.90 Å². The Kier molecular flexibility index (Phi) is 7.16. The van der Waals surface area contributed by atoms with E-state index in [0.29, 0.717) is 23.0 Å². The van der Waals surface area contributed by atoms with Crippen molar-refractivity contribution in [2.24, 2.45) is 0 Å². The van der Waals surface area contributed by atoms with Crippen LogP contribution in [0, 0.1) is 0 Å². The first kappa shape index (κ1) is 22.9. The van der Waals surface area contributed by atoms with Gasteiger partial charge in [0.1, 0.15) is 6.54 Å². The van der Waals surface area contributed by atoms with Gasteiger partial charge in [-0.1, -0.05) is 30.3 Å². The number of methoxy groups -OCH3 is 1. The van der Waals surface area contributed by atoms with E-state index in [1.165, 1.54) is 20.1 Å². The molecule has 0 unspecified atom stereocenters. The Bertz CT molecular complexity index is 1080. The third kappa shape index (κ3) is 5.27. The summed E-state index contributed by atoms with van der Waals surface area (Å²) in [6.07, 6.45) is 0.238. The SMILES string of the molecule is COc1cccc(/C=C2\SC(=O)N(CC(=O)Nc3ccccc3)C2=O)c1O[C@@H](C)C(=O)O. The molecule has 1 heterocycles. The number of ether oxygens (including phenoxy) is 2. The number of carbonyl (C=O) groups is 4. The average molecular weight is 456 g/mol. The predicted molar refractivity (Wildman–Crippen MR) is 118 cm³/mol. The van der Waals surface area contributed by atoms with Crippen molar-refractivity contribution in [3.8, 4) is 11.5 Å². The standard InChI is InChI=1S/C22H20N2O7S/c1-13(21(27)28)31-19-14(7-6-10-16(19)30-2)11-17-20(26)24(22(29)32-17)12-18(25)23-15-8-4-3-5-9-15/h3-11,13H,12H2,1-2H3,(H,23,25)(H,27,28)/b17-11-/t13-/m0/s1. The Morgan fingerprint density at radius 1 is 1.16 bits per heavy atom. The summed E-state index contributed by atoms with van der Waals surface area (Å²) < 4.78 is 10.7. The van der Waals surface area contributed by atoms with Gasteiger partial charge >= 0.3 is 5.97 Å². The van der Waals surface area contributed by atoms with Gasteiger partial charge in [-0.2, -0.15) is 0 Å². The fourth-order valence-corrected chi connectivity index (χ4v) is 3.63. The third-order valence-electron chi connectivity index (χ3n) is 4.39. The highest BCUT2D eigenvalue weighted by molar-refractivity contribution is 8.18. The number of carboxylic acids is 1. The van der Waals surface area contributed by atoms with Gasteiger partial charge in [0.25, 0.3) is 11.1 Å². The molecule has 166 valence electrons. The lowest BCUT2D eigenvalue weighted by atomic mass is 10.1. The molecule has 2 aromatic carbocycles. The number of amides is 3. The van der Waals surface area contributed by atoms with Crippen LogP contribution in [0.25, 0.3) is 6.08 Å². The maximum Gasteiger partial charge on any atom is 0.344 e. The van der Waals surface area contributed by atoms with Gasteiger partial charge in [-0.15, -0.1) is 0 Å². The summed E-state index contributed by atoms with van der Waals surface area (Å²) in [7, 11) is 1.40. The van der Waals surface area contributed by atoms with E-state index < -0.39 is 35.7 Å². The minimum Gasteiger partial charge on any atom is -0.493 e. The summed E-state index contributed by atoms with van der Waals surface area (Å²) in [6, 6.07) is 13.5. The predicted octanol–water partition coefficient (Wildman–Crippen LogP) is 3.22. The van der Waals surface area contributed by atoms with Crippen LogP contribution >= 0.6 is 11.8 Å². The maximum atomic E-state index is 12.8. The highest BCUT2D eigenvalue weighted by Gasteiger charge is 2.36. The number of carbonyl (C=O) groups excluding carboxylic acids is 3. The van der Waals surface area contributed by atoms with Crippen molar-refractivity contribution in [3.05, 3.63) is 59.0 Å². The first-order chi connectivity index (χ1) is 15.3. The van der Waals surface area contributed by atoms with E-state index in [1.54, 1.807) is 48.5 Å². The molecule has 0 aromatic heterocycles. The summed E-state index contributed by atoms with van der Waals surface area (Å²) >= 11 is 0.678. The number of anilines is 1. The second kappa shape index (κ2) is 10.0. The number of aliphatic carboxylic acids is 1. The lowest BCUT2D eigenvalue weighted by Gasteiger charge is -2.16. The van der Waals surface area contributed by atoms with Gasteiger partial charge in [-0.25, -0.2) is 4.79 Å². The number of carboxylic acid groups (broad SMARTS) is 1. The zero-order valence-corrected chi connectivity index (χ0v) is 18.0. The topological polar surface area (TPSA) is 122 Å². The van der Waals surface area contributed by atoms with Crippen LogP contribution in [-0.2, 0) is 14.4 Å². The van der Waals surface area contributed by atoms with Crippen LogP contribution in [0.3, 0.4) is 0 Å². The van der Waals surface area contributed by atoms with E-state index in [9.17, 15) is 19.2 Å². The Hall–Kier alpha value is -3.79. The molecule has 9 nitrogen and oxygen atoms in total. The number of hydrogen-bond donors (Lipinski definition) is 2. The van der Waals surface area contributed by atoms with E-state index in [-0.39, 0.29) is 16.4 Å². The Labute approximate surface area is 188 Å². The number of para-hydroxylation sites is 2. The molecule has 2 N–H and O–H groups in total. The molecule has 1 aliphatic heterocycles. The molecule has 1 saturated heterocycles. The monoisotopic (exact) mass is 456 g/mol. The van der Waals surface area contributed by atoms with E-state index in [4.69, 9.17) is 14.6 Å². The number of hydrogen-bond acceptors (Lipinski definition) is 7. The van der Waals surface area contributed by atoms with Crippen LogP contribution in [0.2, 0.25) is 0 Å².